The van der Waals surface area contributed by atoms with Crippen LogP contribution in [0.2, 0.25) is 0 Å². The van der Waals surface area contributed by atoms with Gasteiger partial charge in [-0.25, -0.2) is 0 Å². The van der Waals surface area contributed by atoms with Crippen LogP contribution in [0.5, 0.6) is 11.5 Å². The van der Waals surface area contributed by atoms with Gasteiger partial charge in [-0.05, 0) is 60.9 Å². The van der Waals surface area contributed by atoms with Gasteiger partial charge in [-0.3, -0.25) is 9.59 Å². The summed E-state index contributed by atoms with van der Waals surface area (Å²) in [5, 5.41) is 5.92. The third kappa shape index (κ3) is 6.11. The Hall–Kier alpha value is -3.80. The summed E-state index contributed by atoms with van der Waals surface area (Å²) < 4.78 is 10.6. The molecule has 0 radical (unpaired) electrons. The normalized spacial score (nSPS) is 11.3. The Balaban J connectivity index is 1.56. The topological polar surface area (TPSA) is 76.7 Å². The molecule has 0 saturated heterocycles. The van der Waals surface area contributed by atoms with E-state index >= 15 is 0 Å². The largest absolute Gasteiger partial charge is 0.493 e. The van der Waals surface area contributed by atoms with Crippen molar-refractivity contribution < 1.29 is 19.1 Å². The number of amides is 2. The number of carbonyl (C=O) groups excluding carboxylic acids is 2. The van der Waals surface area contributed by atoms with Gasteiger partial charge in [0.1, 0.15) is 0 Å². The molecule has 0 fully saturated rings. The molecule has 166 valence electrons. The van der Waals surface area contributed by atoms with Gasteiger partial charge in [0, 0.05) is 17.7 Å². The van der Waals surface area contributed by atoms with E-state index in [1.165, 1.54) is 0 Å². The fraction of sp³-hybridized carbons (Fsp3) is 0.231. The van der Waals surface area contributed by atoms with Gasteiger partial charge in [0.2, 0.25) is 5.91 Å². The molecule has 1 atom stereocenters. The summed E-state index contributed by atoms with van der Waals surface area (Å²) in [5.41, 5.74) is 3.18. The monoisotopic (exact) mass is 432 g/mol. The Morgan fingerprint density at radius 3 is 2.34 bits per heavy atom. The van der Waals surface area contributed by atoms with Crippen molar-refractivity contribution in [3.05, 3.63) is 89.5 Å². The number of rotatable bonds is 9. The minimum atomic E-state index is -0.193. The van der Waals surface area contributed by atoms with E-state index in [2.05, 4.69) is 10.6 Å². The molecule has 2 amide bonds. The minimum absolute atomic E-state index is 0.0500. The van der Waals surface area contributed by atoms with Crippen molar-refractivity contribution in [2.75, 3.05) is 19.5 Å². The van der Waals surface area contributed by atoms with Crippen LogP contribution in [0.25, 0.3) is 0 Å². The molecule has 32 heavy (non-hydrogen) atoms. The molecule has 0 aliphatic heterocycles. The molecule has 6 nitrogen and oxygen atoms in total. The molecule has 2 N–H and O–H groups in total. The fourth-order valence-electron chi connectivity index (χ4n) is 3.37. The van der Waals surface area contributed by atoms with Crippen LogP contribution in [0.3, 0.4) is 0 Å². The maximum absolute atomic E-state index is 12.5. The second-order valence-electron chi connectivity index (χ2n) is 7.42. The first-order valence-corrected chi connectivity index (χ1v) is 10.5. The second-order valence-corrected chi connectivity index (χ2v) is 7.42. The Bertz CT molecular complexity index is 1070. The minimum Gasteiger partial charge on any atom is -0.493 e. The van der Waals surface area contributed by atoms with Gasteiger partial charge in [0.05, 0.1) is 20.3 Å². The Labute approximate surface area is 188 Å². The molecule has 1 unspecified atom stereocenters. The van der Waals surface area contributed by atoms with Crippen molar-refractivity contribution in [2.45, 2.75) is 25.8 Å². The molecule has 0 aliphatic carbocycles. The van der Waals surface area contributed by atoms with E-state index in [4.69, 9.17) is 9.47 Å². The van der Waals surface area contributed by atoms with Gasteiger partial charge >= 0.3 is 0 Å². The molecule has 3 rings (SSSR count). The van der Waals surface area contributed by atoms with E-state index in [0.29, 0.717) is 35.6 Å². The van der Waals surface area contributed by atoms with Crippen LogP contribution in [-0.2, 0) is 11.2 Å². The van der Waals surface area contributed by atoms with Gasteiger partial charge in [-0.2, -0.15) is 0 Å². The highest BCUT2D eigenvalue weighted by atomic mass is 16.5. The van der Waals surface area contributed by atoms with E-state index in [-0.39, 0.29) is 17.9 Å². The number of anilines is 1. The van der Waals surface area contributed by atoms with Gasteiger partial charge in [-0.1, -0.05) is 36.4 Å². The number of benzene rings is 3. The first kappa shape index (κ1) is 22.9. The zero-order valence-electron chi connectivity index (χ0n) is 18.6. The summed E-state index contributed by atoms with van der Waals surface area (Å²) in [6, 6.07) is 22.0. The number of aryl methyl sites for hydroxylation is 1. The smallest absolute Gasteiger partial charge is 0.255 e. The summed E-state index contributed by atoms with van der Waals surface area (Å²) in [4.78, 5) is 24.9. The third-order valence-electron chi connectivity index (χ3n) is 5.15. The molecular weight excluding hydrogens is 404 g/mol. The quantitative estimate of drug-likeness (QED) is 0.511. The Kier molecular flexibility index (Phi) is 7.86. The number of methoxy groups -OCH3 is 2. The summed E-state index contributed by atoms with van der Waals surface area (Å²) in [6.45, 7) is 1.92. The van der Waals surface area contributed by atoms with E-state index in [9.17, 15) is 9.59 Å². The lowest BCUT2D eigenvalue weighted by Crippen LogP contribution is -2.27. The molecule has 0 spiro atoms. The SMILES string of the molecule is COc1ccc(CCC(=O)NC(C)c2cccc(NC(=O)c3ccccc3)c2)cc1OC. The first-order chi connectivity index (χ1) is 15.5. The van der Waals surface area contributed by atoms with E-state index in [1.54, 1.807) is 26.4 Å². The number of nitrogens with one attached hydrogen (secondary N) is 2. The highest BCUT2D eigenvalue weighted by Gasteiger charge is 2.12. The lowest BCUT2D eigenvalue weighted by molar-refractivity contribution is -0.121. The summed E-state index contributed by atoms with van der Waals surface area (Å²) in [6.07, 6.45) is 0.941. The van der Waals surface area contributed by atoms with Crippen LogP contribution >= 0.6 is 0 Å². The van der Waals surface area contributed by atoms with E-state index in [0.717, 1.165) is 11.1 Å². The standard InChI is InChI=1S/C26H28N2O4/c1-18(27-25(29)15-13-19-12-14-23(31-2)24(16-19)32-3)21-10-7-11-22(17-21)28-26(30)20-8-5-4-6-9-20/h4-12,14,16-18H,13,15H2,1-3H3,(H,27,29)(H,28,30). The van der Waals surface area contributed by atoms with Crippen LogP contribution in [0.1, 0.15) is 40.9 Å². The van der Waals surface area contributed by atoms with E-state index < -0.39 is 0 Å². The van der Waals surface area contributed by atoms with Crippen LogP contribution in [0, 0.1) is 0 Å². The van der Waals surface area contributed by atoms with Gasteiger partial charge < -0.3 is 20.1 Å². The summed E-state index contributed by atoms with van der Waals surface area (Å²) >= 11 is 0. The lowest BCUT2D eigenvalue weighted by Gasteiger charge is -2.16. The molecule has 0 aromatic heterocycles. The first-order valence-electron chi connectivity index (χ1n) is 10.5. The van der Waals surface area contributed by atoms with Gasteiger partial charge in [0.25, 0.3) is 5.91 Å². The third-order valence-corrected chi connectivity index (χ3v) is 5.15. The molecule has 0 aliphatic rings. The van der Waals surface area contributed by atoms with Crippen molar-refractivity contribution in [3.8, 4) is 11.5 Å². The average Bonchev–Trinajstić information content (AvgIpc) is 2.83. The van der Waals surface area contributed by atoms with Crippen molar-refractivity contribution in [3.63, 3.8) is 0 Å². The number of ether oxygens (including phenoxy) is 2. The predicted molar refractivity (Wildman–Crippen MR) is 125 cm³/mol. The molecule has 6 heteroatoms. The van der Waals surface area contributed by atoms with Crippen LogP contribution in [0.15, 0.2) is 72.8 Å². The second kappa shape index (κ2) is 11.0. The molecule has 0 saturated carbocycles. The summed E-state index contributed by atoms with van der Waals surface area (Å²) in [7, 11) is 3.18. The number of hydrogen-bond acceptors (Lipinski definition) is 4. The fourth-order valence-corrected chi connectivity index (χ4v) is 3.37. The highest BCUT2D eigenvalue weighted by molar-refractivity contribution is 6.04. The molecule has 0 bridgehead atoms. The van der Waals surface area contributed by atoms with Crippen molar-refractivity contribution in [1.29, 1.82) is 0 Å². The maximum atomic E-state index is 12.5. The maximum Gasteiger partial charge on any atom is 0.255 e. The van der Waals surface area contributed by atoms with Crippen molar-refractivity contribution >= 4 is 17.5 Å². The molecule has 3 aromatic rings. The molecule has 3 aromatic carbocycles. The molecular formula is C26H28N2O4. The lowest BCUT2D eigenvalue weighted by atomic mass is 10.1. The Morgan fingerprint density at radius 1 is 0.875 bits per heavy atom. The highest BCUT2D eigenvalue weighted by Crippen LogP contribution is 2.28. The van der Waals surface area contributed by atoms with E-state index in [1.807, 2.05) is 67.6 Å². The molecule has 0 heterocycles. The number of carbonyl (C=O) groups is 2. The zero-order valence-corrected chi connectivity index (χ0v) is 18.6. The zero-order chi connectivity index (χ0) is 22.9. The summed E-state index contributed by atoms with van der Waals surface area (Å²) in [5.74, 6) is 1.09. The van der Waals surface area contributed by atoms with Gasteiger partial charge in [0.15, 0.2) is 11.5 Å². The predicted octanol–water partition coefficient (Wildman–Crippen LogP) is 4.77. The average molecular weight is 433 g/mol. The number of hydrogen-bond donors (Lipinski definition) is 2. The van der Waals surface area contributed by atoms with Crippen LogP contribution in [0.4, 0.5) is 5.69 Å². The van der Waals surface area contributed by atoms with Gasteiger partial charge in [-0.15, -0.1) is 0 Å². The Morgan fingerprint density at radius 2 is 1.62 bits per heavy atom. The van der Waals surface area contributed by atoms with Crippen molar-refractivity contribution in [2.24, 2.45) is 0 Å². The van der Waals surface area contributed by atoms with Crippen LogP contribution in [-0.4, -0.2) is 26.0 Å². The van der Waals surface area contributed by atoms with Crippen LogP contribution < -0.4 is 20.1 Å². The van der Waals surface area contributed by atoms with Crippen molar-refractivity contribution in [1.82, 2.24) is 5.32 Å².